The van der Waals surface area contributed by atoms with Crippen LogP contribution in [0.5, 0.6) is 0 Å². The van der Waals surface area contributed by atoms with Crippen molar-refractivity contribution in [2.45, 2.75) is 19.9 Å². The predicted octanol–water partition coefficient (Wildman–Crippen LogP) is 1.11. The van der Waals surface area contributed by atoms with Gasteiger partial charge in [-0.25, -0.2) is 0 Å². The molecule has 0 aliphatic heterocycles. The van der Waals surface area contributed by atoms with Crippen LogP contribution in [-0.4, -0.2) is 54.5 Å². The molecule has 1 heterocycles. The van der Waals surface area contributed by atoms with E-state index in [4.69, 9.17) is 5.73 Å². The molecule has 0 bridgehead atoms. The number of nitrogen functional groups attached to an aromatic ring is 1. The highest BCUT2D eigenvalue weighted by Crippen LogP contribution is 2.12. The maximum Gasteiger partial charge on any atom is 0.270 e. The van der Waals surface area contributed by atoms with Crippen LogP contribution in [0.1, 0.15) is 23.8 Å². The molecule has 1 amide bonds. The summed E-state index contributed by atoms with van der Waals surface area (Å²) >= 11 is 0. The zero-order valence-corrected chi connectivity index (χ0v) is 11.8. The van der Waals surface area contributed by atoms with Crippen LogP contribution >= 0.6 is 0 Å². The van der Waals surface area contributed by atoms with Crippen molar-refractivity contribution in [1.82, 2.24) is 14.4 Å². The van der Waals surface area contributed by atoms with Crippen molar-refractivity contribution in [3.05, 3.63) is 18.0 Å². The summed E-state index contributed by atoms with van der Waals surface area (Å²) in [6.45, 7) is 4.49. The van der Waals surface area contributed by atoms with Crippen molar-refractivity contribution in [2.75, 3.05) is 40.0 Å². The minimum absolute atomic E-state index is 0.0345. The van der Waals surface area contributed by atoms with Crippen LogP contribution in [0.15, 0.2) is 12.3 Å². The number of carbonyl (C=O) groups is 1. The van der Waals surface area contributed by atoms with Crippen LogP contribution in [0.3, 0.4) is 0 Å². The first kappa shape index (κ1) is 14.6. The van der Waals surface area contributed by atoms with Crippen LogP contribution in [0, 0.1) is 0 Å². The van der Waals surface area contributed by atoms with Crippen molar-refractivity contribution < 1.29 is 4.79 Å². The quantitative estimate of drug-likeness (QED) is 0.825. The van der Waals surface area contributed by atoms with E-state index in [2.05, 4.69) is 4.90 Å². The lowest BCUT2D eigenvalue weighted by Crippen LogP contribution is -2.31. The number of carbonyl (C=O) groups excluding carboxylic acids is 1. The standard InChI is InChI=1S/C13H24N4O/c1-5-17-10-11(14)9-12(17)13(18)16(4)8-6-7-15(2)3/h9-10H,5-8,14H2,1-4H3. The fraction of sp³-hybridized carbons (Fsp3) is 0.615. The molecule has 0 aliphatic carbocycles. The Bertz CT molecular complexity index is 398. The molecule has 0 spiro atoms. The van der Waals surface area contributed by atoms with E-state index in [0.29, 0.717) is 11.4 Å². The zero-order valence-electron chi connectivity index (χ0n) is 11.8. The van der Waals surface area contributed by atoms with E-state index < -0.39 is 0 Å². The minimum atomic E-state index is 0.0345. The first-order valence-electron chi connectivity index (χ1n) is 6.31. The van der Waals surface area contributed by atoms with Crippen molar-refractivity contribution >= 4 is 11.6 Å². The van der Waals surface area contributed by atoms with Crippen LogP contribution in [-0.2, 0) is 6.54 Å². The summed E-state index contributed by atoms with van der Waals surface area (Å²) in [5.41, 5.74) is 7.04. The molecule has 18 heavy (non-hydrogen) atoms. The van der Waals surface area contributed by atoms with Crippen LogP contribution in [0.4, 0.5) is 5.69 Å². The van der Waals surface area contributed by atoms with Crippen molar-refractivity contribution in [2.24, 2.45) is 0 Å². The van der Waals surface area contributed by atoms with E-state index in [1.807, 2.05) is 32.6 Å². The van der Waals surface area contributed by atoms with Gasteiger partial charge in [0.05, 0.1) is 5.69 Å². The highest BCUT2D eigenvalue weighted by Gasteiger charge is 2.16. The van der Waals surface area contributed by atoms with Gasteiger partial charge in [-0.1, -0.05) is 0 Å². The maximum atomic E-state index is 12.2. The van der Waals surface area contributed by atoms with Gasteiger partial charge < -0.3 is 20.1 Å². The van der Waals surface area contributed by atoms with Gasteiger partial charge in [0.2, 0.25) is 0 Å². The molecule has 5 heteroatoms. The molecule has 0 aliphatic rings. The molecule has 0 aromatic carbocycles. The summed E-state index contributed by atoms with van der Waals surface area (Å²) < 4.78 is 1.89. The number of hydrogen-bond donors (Lipinski definition) is 1. The Hall–Kier alpha value is -1.49. The van der Waals surface area contributed by atoms with Gasteiger partial charge in [-0.05, 0) is 40.1 Å². The van der Waals surface area contributed by atoms with Crippen molar-refractivity contribution in [3.63, 3.8) is 0 Å². The first-order chi connectivity index (χ1) is 8.45. The lowest BCUT2D eigenvalue weighted by molar-refractivity contribution is 0.0780. The monoisotopic (exact) mass is 252 g/mol. The Labute approximate surface area is 109 Å². The van der Waals surface area contributed by atoms with Crippen molar-refractivity contribution in [3.8, 4) is 0 Å². The summed E-state index contributed by atoms with van der Waals surface area (Å²) in [5, 5.41) is 0. The van der Waals surface area contributed by atoms with E-state index in [9.17, 15) is 4.79 Å². The third kappa shape index (κ3) is 3.77. The molecular formula is C13H24N4O. The number of hydrogen-bond acceptors (Lipinski definition) is 3. The SMILES string of the molecule is CCn1cc(N)cc1C(=O)N(C)CCCN(C)C. The Morgan fingerprint density at radius 2 is 2.00 bits per heavy atom. The molecule has 2 N–H and O–H groups in total. The van der Waals surface area contributed by atoms with Gasteiger partial charge >= 0.3 is 0 Å². The minimum Gasteiger partial charge on any atom is -0.397 e. The number of amides is 1. The number of aromatic nitrogens is 1. The number of nitrogens with zero attached hydrogens (tertiary/aromatic N) is 3. The summed E-state index contributed by atoms with van der Waals surface area (Å²) in [4.78, 5) is 16.1. The van der Waals surface area contributed by atoms with Crippen LogP contribution in [0.25, 0.3) is 0 Å². The average Bonchev–Trinajstić information content (AvgIpc) is 2.68. The van der Waals surface area contributed by atoms with Gasteiger partial charge in [0, 0.05) is 26.3 Å². The maximum absolute atomic E-state index is 12.2. The molecule has 1 aromatic heterocycles. The molecule has 1 rings (SSSR count). The molecular weight excluding hydrogens is 228 g/mol. The van der Waals surface area contributed by atoms with E-state index in [1.54, 1.807) is 17.2 Å². The summed E-state index contributed by atoms with van der Waals surface area (Å²) in [6, 6.07) is 1.74. The van der Waals surface area contributed by atoms with E-state index in [-0.39, 0.29) is 5.91 Å². The fourth-order valence-electron chi connectivity index (χ4n) is 1.89. The average molecular weight is 252 g/mol. The largest absolute Gasteiger partial charge is 0.397 e. The van der Waals surface area contributed by atoms with Crippen LogP contribution in [0.2, 0.25) is 0 Å². The molecule has 0 unspecified atom stereocenters. The Morgan fingerprint density at radius 1 is 1.33 bits per heavy atom. The highest BCUT2D eigenvalue weighted by atomic mass is 16.2. The Kier molecular flexibility index (Phi) is 5.22. The third-order valence-electron chi connectivity index (χ3n) is 2.92. The first-order valence-corrected chi connectivity index (χ1v) is 6.31. The lowest BCUT2D eigenvalue weighted by Gasteiger charge is -2.19. The number of aryl methyl sites for hydroxylation is 1. The van der Waals surface area contributed by atoms with Gasteiger partial charge in [0.15, 0.2) is 0 Å². The van der Waals surface area contributed by atoms with E-state index in [1.165, 1.54) is 0 Å². The summed E-state index contributed by atoms with van der Waals surface area (Å²) in [6.07, 6.45) is 2.78. The molecule has 0 fully saturated rings. The molecule has 0 atom stereocenters. The van der Waals surface area contributed by atoms with Crippen LogP contribution < -0.4 is 5.73 Å². The number of rotatable bonds is 6. The second-order valence-corrected chi connectivity index (χ2v) is 4.83. The smallest absolute Gasteiger partial charge is 0.270 e. The molecule has 0 saturated carbocycles. The molecule has 0 radical (unpaired) electrons. The molecule has 1 aromatic rings. The normalized spacial score (nSPS) is 10.9. The number of anilines is 1. The highest BCUT2D eigenvalue weighted by molar-refractivity contribution is 5.93. The lowest BCUT2D eigenvalue weighted by atomic mass is 10.3. The molecule has 0 saturated heterocycles. The van der Waals surface area contributed by atoms with Gasteiger partial charge in [-0.3, -0.25) is 4.79 Å². The van der Waals surface area contributed by atoms with Gasteiger partial charge in [0.25, 0.3) is 5.91 Å². The van der Waals surface area contributed by atoms with Crippen molar-refractivity contribution in [1.29, 1.82) is 0 Å². The predicted molar refractivity (Wildman–Crippen MR) is 74.6 cm³/mol. The second kappa shape index (κ2) is 6.44. The zero-order chi connectivity index (χ0) is 13.7. The fourth-order valence-corrected chi connectivity index (χ4v) is 1.89. The van der Waals surface area contributed by atoms with E-state index >= 15 is 0 Å². The topological polar surface area (TPSA) is 54.5 Å². The van der Waals surface area contributed by atoms with Gasteiger partial charge in [-0.15, -0.1) is 0 Å². The molecule has 5 nitrogen and oxygen atoms in total. The van der Waals surface area contributed by atoms with Gasteiger partial charge in [0.1, 0.15) is 5.69 Å². The third-order valence-corrected chi connectivity index (χ3v) is 2.92. The summed E-state index contributed by atoms with van der Waals surface area (Å²) in [5.74, 6) is 0.0345. The number of nitrogens with two attached hydrogens (primary N) is 1. The van der Waals surface area contributed by atoms with Gasteiger partial charge in [-0.2, -0.15) is 0 Å². The van der Waals surface area contributed by atoms with E-state index in [0.717, 1.165) is 26.1 Å². The second-order valence-electron chi connectivity index (χ2n) is 4.83. The summed E-state index contributed by atoms with van der Waals surface area (Å²) in [7, 11) is 5.90. The molecule has 102 valence electrons. The Morgan fingerprint density at radius 3 is 2.56 bits per heavy atom. The Balaban J connectivity index is 2.62.